The van der Waals surface area contributed by atoms with Gasteiger partial charge in [0.25, 0.3) is 0 Å². The molecule has 0 rings (SSSR count). The average molecular weight is 317 g/mol. The summed E-state index contributed by atoms with van der Waals surface area (Å²) in [5, 5.41) is 10.5. The summed E-state index contributed by atoms with van der Waals surface area (Å²) in [5.41, 5.74) is 0. The average Bonchev–Trinajstić information content (AvgIpc) is 2.43. The van der Waals surface area contributed by atoms with E-state index in [0.717, 1.165) is 19.3 Å². The minimum atomic E-state index is -2.64. The molecule has 0 aliphatic heterocycles. The number of hydrogen-bond donors (Lipinski definition) is 0. The second kappa shape index (κ2) is 14.1. The van der Waals surface area contributed by atoms with Crippen LogP contribution in [0.5, 0.6) is 0 Å². The molecular formula is C16H29O4S. The van der Waals surface area contributed by atoms with Crippen molar-refractivity contribution < 1.29 is 18.3 Å². The molecule has 5 heteroatoms. The van der Waals surface area contributed by atoms with Gasteiger partial charge in [-0.15, -0.1) is 0 Å². The Morgan fingerprint density at radius 2 is 1.10 bits per heavy atom. The Morgan fingerprint density at radius 3 is 1.43 bits per heavy atom. The van der Waals surface area contributed by atoms with Crippen molar-refractivity contribution in [2.45, 2.75) is 90.4 Å². The molecule has 0 saturated heterocycles. The van der Waals surface area contributed by atoms with E-state index in [1.165, 1.54) is 51.4 Å². The zero-order chi connectivity index (χ0) is 15.9. The third kappa shape index (κ3) is 12.6. The van der Waals surface area contributed by atoms with Crippen molar-refractivity contribution in [1.82, 2.24) is 0 Å². The van der Waals surface area contributed by atoms with Crippen LogP contribution < -0.4 is 0 Å². The van der Waals surface area contributed by atoms with Crippen molar-refractivity contribution in [3.8, 4) is 0 Å². The van der Waals surface area contributed by atoms with E-state index in [2.05, 4.69) is 6.92 Å². The molecule has 0 unspecified atom stereocenters. The van der Waals surface area contributed by atoms with Gasteiger partial charge < -0.3 is 0 Å². The molecule has 0 aromatic rings. The van der Waals surface area contributed by atoms with Crippen molar-refractivity contribution in [2.75, 3.05) is 0 Å². The van der Waals surface area contributed by atoms with Gasteiger partial charge in [0, 0.05) is 0 Å². The third-order valence-electron chi connectivity index (χ3n) is 3.69. The lowest BCUT2D eigenvalue weighted by Gasteiger charge is -2.02. The third-order valence-corrected chi connectivity index (χ3v) is 4.46. The molecule has 0 aliphatic carbocycles. The first kappa shape index (κ1) is 20.2. The monoisotopic (exact) mass is 317 g/mol. The maximum atomic E-state index is 10.6. The fraction of sp³-hybridized carbons (Fsp3) is 0.875. The van der Waals surface area contributed by atoms with Gasteiger partial charge in [0.1, 0.15) is 0 Å². The van der Waals surface area contributed by atoms with Crippen molar-refractivity contribution in [2.24, 2.45) is 0 Å². The summed E-state index contributed by atoms with van der Waals surface area (Å²) in [5.74, 6) is -1.56. The second-order valence-corrected chi connectivity index (χ2v) is 6.55. The Kier molecular flexibility index (Phi) is 13.5. The Morgan fingerprint density at radius 1 is 0.714 bits per heavy atom. The van der Waals surface area contributed by atoms with Crippen LogP contribution in [0.3, 0.4) is 0 Å². The summed E-state index contributed by atoms with van der Waals surface area (Å²) in [7, 11) is -2.64. The van der Waals surface area contributed by atoms with Crippen LogP contribution in [-0.2, 0) is 20.2 Å². The fourth-order valence-electron chi connectivity index (χ4n) is 2.38. The molecule has 0 aliphatic rings. The maximum absolute atomic E-state index is 10.6. The summed E-state index contributed by atoms with van der Waals surface area (Å²) in [6.07, 6.45) is 14.2. The largest absolute Gasteiger partial charge is 0.397 e. The highest BCUT2D eigenvalue weighted by Crippen LogP contribution is 2.12. The maximum Gasteiger partial charge on any atom is 0.397 e. The molecule has 0 spiro atoms. The van der Waals surface area contributed by atoms with Crippen LogP contribution in [-0.4, -0.2) is 19.3 Å². The van der Waals surface area contributed by atoms with Gasteiger partial charge in [-0.25, -0.2) is 9.90 Å². The second-order valence-electron chi connectivity index (χ2n) is 5.58. The van der Waals surface area contributed by atoms with Gasteiger partial charge in [-0.05, 0) is 12.8 Å². The number of carbonyl (C=O) groups excluding carboxylic acids is 1. The molecule has 0 fully saturated rings. The first-order chi connectivity index (χ1) is 10.1. The van der Waals surface area contributed by atoms with Crippen LogP contribution in [0, 0.1) is 0 Å². The summed E-state index contributed by atoms with van der Waals surface area (Å²) in [6.45, 7) is 2.22. The molecule has 123 valence electrons. The summed E-state index contributed by atoms with van der Waals surface area (Å²) >= 11 is 0. The number of carbonyl (C=O) groups is 1. The summed E-state index contributed by atoms with van der Waals surface area (Å²) in [4.78, 5) is 10.0. The topological polar surface area (TPSA) is 71.1 Å². The van der Waals surface area contributed by atoms with Crippen LogP contribution in [0.2, 0.25) is 0 Å². The van der Waals surface area contributed by atoms with E-state index in [-0.39, 0.29) is 6.42 Å². The smallest absolute Gasteiger partial charge is 0.241 e. The van der Waals surface area contributed by atoms with Gasteiger partial charge in [-0.1, -0.05) is 77.6 Å². The fourth-order valence-corrected chi connectivity index (χ4v) is 2.83. The summed E-state index contributed by atoms with van der Waals surface area (Å²) < 4.78 is 21.2. The molecule has 21 heavy (non-hydrogen) atoms. The number of hydrogen-bond acceptors (Lipinski definition) is 3. The van der Waals surface area contributed by atoms with Crippen LogP contribution in [0.1, 0.15) is 90.4 Å². The van der Waals surface area contributed by atoms with E-state index in [9.17, 15) is 18.3 Å². The lowest BCUT2D eigenvalue weighted by atomic mass is 10.0. The highest BCUT2D eigenvalue weighted by atomic mass is 32.2. The van der Waals surface area contributed by atoms with Gasteiger partial charge >= 0.3 is 5.97 Å². The molecule has 0 atom stereocenters. The quantitative estimate of drug-likeness (QED) is 0.358. The SMILES string of the molecule is CCCCCCCCCCCCCCC(C([O])=O)=S(=O)=O. The number of rotatable bonds is 14. The molecule has 0 aromatic heterocycles. The highest BCUT2D eigenvalue weighted by Gasteiger charge is 2.12. The molecular weight excluding hydrogens is 288 g/mol. The van der Waals surface area contributed by atoms with Gasteiger partial charge in [0.15, 0.2) is 4.86 Å². The molecule has 0 saturated carbocycles. The van der Waals surface area contributed by atoms with Crippen LogP contribution in [0.4, 0.5) is 0 Å². The molecule has 0 N–H and O–H groups in total. The van der Waals surface area contributed by atoms with E-state index in [4.69, 9.17) is 0 Å². The molecule has 0 amide bonds. The predicted molar refractivity (Wildman–Crippen MR) is 85.3 cm³/mol. The Balaban J connectivity index is 3.37. The predicted octanol–water partition coefficient (Wildman–Crippen LogP) is 4.09. The van der Waals surface area contributed by atoms with Crippen LogP contribution in [0.25, 0.3) is 0 Å². The summed E-state index contributed by atoms with van der Waals surface area (Å²) in [6, 6.07) is 0. The van der Waals surface area contributed by atoms with Crippen LogP contribution in [0.15, 0.2) is 0 Å². The van der Waals surface area contributed by atoms with E-state index < -0.39 is 21.1 Å². The van der Waals surface area contributed by atoms with E-state index >= 15 is 0 Å². The Labute approximate surface area is 130 Å². The van der Waals surface area contributed by atoms with Crippen LogP contribution >= 0.6 is 0 Å². The van der Waals surface area contributed by atoms with Gasteiger partial charge in [-0.3, -0.25) is 0 Å². The van der Waals surface area contributed by atoms with Gasteiger partial charge in [0.2, 0.25) is 10.3 Å². The van der Waals surface area contributed by atoms with E-state index in [1.54, 1.807) is 0 Å². The van der Waals surface area contributed by atoms with Crippen molar-refractivity contribution in [3.05, 3.63) is 0 Å². The van der Waals surface area contributed by atoms with E-state index in [0.29, 0.717) is 6.42 Å². The normalized spacial score (nSPS) is 10.5. The Bertz CT molecular complexity index is 391. The standard InChI is InChI=1S/C16H29O4S/c1-2-3-4-5-6-7-8-9-10-11-12-13-14-15(16(17)18)21(19)20/h2-14H2,1H3. The van der Waals surface area contributed by atoms with Crippen molar-refractivity contribution in [3.63, 3.8) is 0 Å². The number of unbranched alkanes of at least 4 members (excludes halogenated alkanes) is 11. The molecule has 1 radical (unpaired) electrons. The van der Waals surface area contributed by atoms with Gasteiger partial charge in [-0.2, -0.15) is 8.42 Å². The molecule has 0 aromatic carbocycles. The van der Waals surface area contributed by atoms with Gasteiger partial charge in [0.05, 0.1) is 0 Å². The minimum Gasteiger partial charge on any atom is -0.241 e. The zero-order valence-electron chi connectivity index (χ0n) is 13.2. The first-order valence-electron chi connectivity index (χ1n) is 8.26. The lowest BCUT2D eigenvalue weighted by Crippen LogP contribution is -2.12. The minimum absolute atomic E-state index is 0.0931. The Hall–Kier alpha value is -0.840. The zero-order valence-corrected chi connectivity index (χ0v) is 14.1. The highest BCUT2D eigenvalue weighted by molar-refractivity contribution is 7.74. The molecule has 4 nitrogen and oxygen atoms in total. The van der Waals surface area contributed by atoms with E-state index in [1.807, 2.05) is 0 Å². The first-order valence-corrected chi connectivity index (χ1v) is 9.33. The molecule has 0 heterocycles. The lowest BCUT2D eigenvalue weighted by molar-refractivity contribution is -0.134. The van der Waals surface area contributed by atoms with Crippen molar-refractivity contribution in [1.29, 1.82) is 0 Å². The van der Waals surface area contributed by atoms with Crippen molar-refractivity contribution >= 4 is 21.1 Å². The molecule has 0 bridgehead atoms.